The summed E-state index contributed by atoms with van der Waals surface area (Å²) in [5.41, 5.74) is 2.08. The van der Waals surface area contributed by atoms with Gasteiger partial charge in [-0.05, 0) is 41.1 Å². The molecule has 1 fully saturated rings. The number of hydrogen-bond donors (Lipinski definition) is 1. The first-order chi connectivity index (χ1) is 20.0. The van der Waals surface area contributed by atoms with E-state index < -0.39 is 0 Å². The van der Waals surface area contributed by atoms with Gasteiger partial charge in [-0.25, -0.2) is 9.97 Å². The van der Waals surface area contributed by atoms with Gasteiger partial charge in [-0.2, -0.15) is 0 Å². The molecule has 2 heterocycles. The van der Waals surface area contributed by atoms with E-state index in [4.69, 9.17) is 37.4 Å². The van der Waals surface area contributed by atoms with Crippen LogP contribution in [0.3, 0.4) is 0 Å². The Kier molecular flexibility index (Phi) is 7.78. The molecule has 1 saturated heterocycles. The molecule has 1 unspecified atom stereocenters. The van der Waals surface area contributed by atoms with E-state index in [-0.39, 0.29) is 18.6 Å². The summed E-state index contributed by atoms with van der Waals surface area (Å²) >= 11 is 12.2. The molecule has 1 atom stereocenters. The molecular formula is C31H26Cl2N4O4. The molecule has 1 aliphatic rings. The highest BCUT2D eigenvalue weighted by Gasteiger charge is 2.27. The lowest BCUT2D eigenvalue weighted by Crippen LogP contribution is -2.47. The minimum Gasteiger partial charge on any atom is -0.493 e. The first kappa shape index (κ1) is 27.1. The van der Waals surface area contributed by atoms with Gasteiger partial charge in [0.25, 0.3) is 5.91 Å². The lowest BCUT2D eigenvalue weighted by atomic mass is 10.0. The third-order valence-corrected chi connectivity index (χ3v) is 7.71. The maximum Gasteiger partial charge on any atom is 0.254 e. The number of hydrogen-bond acceptors (Lipinski definition) is 7. The largest absolute Gasteiger partial charge is 0.493 e. The zero-order chi connectivity index (χ0) is 28.3. The number of carbonyl (C=O) groups is 1. The van der Waals surface area contributed by atoms with Crippen molar-refractivity contribution in [3.8, 4) is 11.5 Å². The number of aromatic nitrogens is 2. The molecule has 4 aromatic carbocycles. The molecule has 10 heteroatoms. The van der Waals surface area contributed by atoms with E-state index in [2.05, 4.69) is 15.3 Å². The Morgan fingerprint density at radius 1 is 1.00 bits per heavy atom. The molecule has 0 radical (unpaired) electrons. The van der Waals surface area contributed by atoms with Crippen molar-refractivity contribution in [3.05, 3.63) is 94.7 Å². The van der Waals surface area contributed by atoms with Gasteiger partial charge < -0.3 is 24.4 Å². The average Bonchev–Trinajstić information content (AvgIpc) is 3.01. The van der Waals surface area contributed by atoms with Gasteiger partial charge in [0.2, 0.25) is 0 Å². The smallest absolute Gasteiger partial charge is 0.254 e. The van der Waals surface area contributed by atoms with Crippen molar-refractivity contribution in [2.24, 2.45) is 0 Å². The number of halogens is 2. The monoisotopic (exact) mass is 588 g/mol. The van der Waals surface area contributed by atoms with Crippen molar-refractivity contribution < 1.29 is 19.0 Å². The Labute approximate surface area is 246 Å². The number of ether oxygens (including phenoxy) is 3. The Morgan fingerprint density at radius 3 is 2.71 bits per heavy atom. The predicted octanol–water partition coefficient (Wildman–Crippen LogP) is 6.76. The summed E-state index contributed by atoms with van der Waals surface area (Å²) in [6.07, 6.45) is 1.17. The molecule has 6 rings (SSSR count). The SMILES string of the molecule is COc1cc2c(Nc3ccc(Cl)c(Cl)c3)ncnc2cc1OCC1CN(C(=O)c2cccc3ccccc23)CCO1. The molecule has 1 aromatic heterocycles. The second-order valence-electron chi connectivity index (χ2n) is 9.58. The fourth-order valence-electron chi connectivity index (χ4n) is 4.92. The molecule has 5 aromatic rings. The normalized spacial score (nSPS) is 15.2. The molecule has 41 heavy (non-hydrogen) atoms. The zero-order valence-corrected chi connectivity index (χ0v) is 23.7. The number of anilines is 2. The molecule has 1 amide bonds. The van der Waals surface area contributed by atoms with Gasteiger partial charge in [-0.15, -0.1) is 0 Å². The van der Waals surface area contributed by atoms with Crippen LogP contribution in [0, 0.1) is 0 Å². The van der Waals surface area contributed by atoms with Crippen molar-refractivity contribution in [1.29, 1.82) is 0 Å². The molecular weight excluding hydrogens is 563 g/mol. The fraction of sp³-hybridized carbons (Fsp3) is 0.194. The fourth-order valence-corrected chi connectivity index (χ4v) is 5.21. The van der Waals surface area contributed by atoms with Gasteiger partial charge in [0, 0.05) is 29.2 Å². The highest BCUT2D eigenvalue weighted by Crippen LogP contribution is 2.35. The zero-order valence-electron chi connectivity index (χ0n) is 22.1. The van der Waals surface area contributed by atoms with Crippen LogP contribution in [0.25, 0.3) is 21.7 Å². The highest BCUT2D eigenvalue weighted by molar-refractivity contribution is 6.42. The molecule has 0 aliphatic carbocycles. The number of morpholine rings is 1. The number of rotatable bonds is 7. The summed E-state index contributed by atoms with van der Waals surface area (Å²) in [5.74, 6) is 1.60. The highest BCUT2D eigenvalue weighted by atomic mass is 35.5. The topological polar surface area (TPSA) is 85.8 Å². The van der Waals surface area contributed by atoms with Gasteiger partial charge in [0.05, 0.1) is 35.8 Å². The molecule has 8 nitrogen and oxygen atoms in total. The van der Waals surface area contributed by atoms with Crippen LogP contribution >= 0.6 is 23.2 Å². The summed E-state index contributed by atoms with van der Waals surface area (Å²) in [7, 11) is 1.57. The van der Waals surface area contributed by atoms with Crippen molar-refractivity contribution >= 4 is 62.3 Å². The van der Waals surface area contributed by atoms with Crippen LogP contribution in [0.2, 0.25) is 10.0 Å². The number of nitrogens with zero attached hydrogens (tertiary/aromatic N) is 3. The first-order valence-corrected chi connectivity index (χ1v) is 13.8. The number of methoxy groups -OCH3 is 1. The summed E-state index contributed by atoms with van der Waals surface area (Å²) in [5, 5.41) is 6.88. The summed E-state index contributed by atoms with van der Waals surface area (Å²) < 4.78 is 17.8. The van der Waals surface area contributed by atoms with E-state index >= 15 is 0 Å². The van der Waals surface area contributed by atoms with Crippen molar-refractivity contribution in [1.82, 2.24) is 14.9 Å². The second-order valence-corrected chi connectivity index (χ2v) is 10.4. The maximum atomic E-state index is 13.5. The van der Waals surface area contributed by atoms with Crippen LogP contribution in [-0.2, 0) is 4.74 Å². The van der Waals surface area contributed by atoms with Crippen molar-refractivity contribution in [2.75, 3.05) is 38.7 Å². The molecule has 0 spiro atoms. The van der Waals surface area contributed by atoms with E-state index in [1.165, 1.54) is 6.33 Å². The summed E-state index contributed by atoms with van der Waals surface area (Å²) in [6.45, 7) is 1.60. The Hall–Kier alpha value is -4.11. The van der Waals surface area contributed by atoms with Crippen LogP contribution in [-0.4, -0.2) is 60.3 Å². The molecule has 1 N–H and O–H groups in total. The van der Waals surface area contributed by atoms with Gasteiger partial charge in [0.15, 0.2) is 11.5 Å². The van der Waals surface area contributed by atoms with Crippen LogP contribution in [0.5, 0.6) is 11.5 Å². The maximum absolute atomic E-state index is 13.5. The Balaban J connectivity index is 1.18. The van der Waals surface area contributed by atoms with E-state index in [9.17, 15) is 4.79 Å². The van der Waals surface area contributed by atoms with Crippen molar-refractivity contribution in [2.45, 2.75) is 6.10 Å². The minimum absolute atomic E-state index is 0.0166. The average molecular weight is 589 g/mol. The van der Waals surface area contributed by atoms with Crippen LogP contribution < -0.4 is 14.8 Å². The van der Waals surface area contributed by atoms with E-state index in [1.807, 2.05) is 59.5 Å². The van der Waals surface area contributed by atoms with Gasteiger partial charge in [-0.3, -0.25) is 4.79 Å². The number of fused-ring (bicyclic) bond motifs is 2. The van der Waals surface area contributed by atoms with Gasteiger partial charge >= 0.3 is 0 Å². The van der Waals surface area contributed by atoms with Crippen molar-refractivity contribution in [3.63, 3.8) is 0 Å². The molecule has 1 aliphatic heterocycles. The van der Waals surface area contributed by atoms with Crippen LogP contribution in [0.4, 0.5) is 11.5 Å². The van der Waals surface area contributed by atoms with Crippen LogP contribution in [0.1, 0.15) is 10.4 Å². The van der Waals surface area contributed by atoms with Crippen LogP contribution in [0.15, 0.2) is 79.1 Å². The summed E-state index contributed by atoms with van der Waals surface area (Å²) in [6, 6.07) is 22.6. The minimum atomic E-state index is -0.305. The molecule has 0 bridgehead atoms. The lowest BCUT2D eigenvalue weighted by molar-refractivity contribution is -0.0403. The molecule has 0 saturated carbocycles. The molecule has 208 valence electrons. The van der Waals surface area contributed by atoms with Gasteiger partial charge in [0.1, 0.15) is 24.9 Å². The Bertz CT molecular complexity index is 1740. The first-order valence-electron chi connectivity index (χ1n) is 13.1. The number of benzene rings is 4. The third-order valence-electron chi connectivity index (χ3n) is 6.97. The third kappa shape index (κ3) is 5.72. The van der Waals surface area contributed by atoms with Gasteiger partial charge in [-0.1, -0.05) is 59.6 Å². The number of carbonyl (C=O) groups excluding carboxylic acids is 1. The quantitative estimate of drug-likeness (QED) is 0.225. The summed E-state index contributed by atoms with van der Waals surface area (Å²) in [4.78, 5) is 24.1. The van der Waals surface area contributed by atoms with E-state index in [0.29, 0.717) is 58.1 Å². The lowest BCUT2D eigenvalue weighted by Gasteiger charge is -2.33. The second kappa shape index (κ2) is 11.8. The standard InChI is InChI=1S/C31H26Cl2N4O4/c1-39-28-14-24-27(34-18-35-30(24)36-20-9-10-25(32)26(33)13-20)15-29(28)41-17-21-16-37(11-12-40-21)31(38)23-8-4-6-19-5-2-3-7-22(19)23/h2-10,13-15,18,21H,11-12,16-17H2,1H3,(H,34,35,36). The van der Waals surface area contributed by atoms with E-state index in [0.717, 1.165) is 21.8 Å². The number of amides is 1. The van der Waals surface area contributed by atoms with E-state index in [1.54, 1.807) is 25.3 Å². The predicted molar refractivity (Wildman–Crippen MR) is 161 cm³/mol. The Morgan fingerprint density at radius 2 is 1.85 bits per heavy atom. The number of nitrogens with one attached hydrogen (secondary N) is 1.